The number of amides is 1. The number of ether oxygens (including phenoxy) is 1. The van der Waals surface area contributed by atoms with Crippen LogP contribution >= 0.6 is 0 Å². The van der Waals surface area contributed by atoms with Gasteiger partial charge in [-0.15, -0.1) is 0 Å². The topological polar surface area (TPSA) is 72.5 Å². The van der Waals surface area contributed by atoms with Gasteiger partial charge in [-0.3, -0.25) is 9.69 Å². The largest absolute Gasteiger partial charge is 0.449 e. The lowest BCUT2D eigenvalue weighted by Gasteiger charge is -2.26. The van der Waals surface area contributed by atoms with Crippen LogP contribution in [0.3, 0.4) is 0 Å². The Morgan fingerprint density at radius 3 is 2.59 bits per heavy atom. The van der Waals surface area contributed by atoms with Gasteiger partial charge in [0.05, 0.1) is 25.2 Å². The van der Waals surface area contributed by atoms with E-state index in [1.807, 2.05) is 12.4 Å². The minimum atomic E-state index is -0.180. The Morgan fingerprint density at radius 1 is 1.06 bits per heavy atom. The molecule has 7 heteroatoms. The molecule has 1 N–H and O–H groups in total. The van der Waals surface area contributed by atoms with Crippen molar-refractivity contribution in [2.24, 2.45) is 0 Å². The summed E-state index contributed by atoms with van der Waals surface area (Å²) in [4.78, 5) is 19.9. The van der Waals surface area contributed by atoms with Gasteiger partial charge in [-0.25, -0.2) is 4.98 Å². The summed E-state index contributed by atoms with van der Waals surface area (Å²) in [6, 6.07) is 12.5. The van der Waals surface area contributed by atoms with E-state index < -0.39 is 0 Å². The van der Waals surface area contributed by atoms with Crippen molar-refractivity contribution in [1.82, 2.24) is 19.8 Å². The van der Waals surface area contributed by atoms with E-state index in [0.717, 1.165) is 62.6 Å². The molecule has 1 aliphatic heterocycles. The van der Waals surface area contributed by atoms with Crippen molar-refractivity contribution < 1.29 is 13.9 Å². The van der Waals surface area contributed by atoms with E-state index in [4.69, 9.17) is 14.1 Å². The number of carbonyl (C=O) groups excluding carboxylic acids is 1. The maximum absolute atomic E-state index is 12.8. The number of aryl methyl sites for hydroxylation is 1. The molecule has 3 aromatic rings. The average Bonchev–Trinajstić information content (AvgIpc) is 3.53. The first-order chi connectivity index (χ1) is 16.7. The highest BCUT2D eigenvalue weighted by Gasteiger charge is 2.25. The van der Waals surface area contributed by atoms with Crippen molar-refractivity contribution in [3.63, 3.8) is 0 Å². The summed E-state index contributed by atoms with van der Waals surface area (Å²) in [5.74, 6) is 0.848. The van der Waals surface area contributed by atoms with Gasteiger partial charge in [0.1, 0.15) is 5.69 Å². The van der Waals surface area contributed by atoms with Gasteiger partial charge >= 0.3 is 0 Å². The molecule has 0 unspecified atom stereocenters. The molecule has 2 aromatic heterocycles. The lowest BCUT2D eigenvalue weighted by Crippen LogP contribution is -2.41. The molecule has 0 spiro atoms. The van der Waals surface area contributed by atoms with Gasteiger partial charge in [-0.1, -0.05) is 49.1 Å². The Balaban J connectivity index is 1.37. The van der Waals surface area contributed by atoms with Crippen molar-refractivity contribution in [3.8, 4) is 22.7 Å². The van der Waals surface area contributed by atoms with Crippen molar-refractivity contribution in [2.75, 3.05) is 39.4 Å². The highest BCUT2D eigenvalue weighted by Crippen LogP contribution is 2.38. The Morgan fingerprint density at radius 2 is 1.82 bits per heavy atom. The van der Waals surface area contributed by atoms with Crippen LogP contribution in [-0.2, 0) is 4.74 Å². The smallest absolute Gasteiger partial charge is 0.287 e. The van der Waals surface area contributed by atoms with Gasteiger partial charge in [0.15, 0.2) is 11.5 Å². The molecule has 2 fully saturated rings. The van der Waals surface area contributed by atoms with Gasteiger partial charge in [-0.2, -0.15) is 0 Å². The first kappa shape index (κ1) is 22.9. The fourth-order valence-electron chi connectivity index (χ4n) is 4.99. The number of morpholine rings is 1. The third kappa shape index (κ3) is 5.10. The third-order valence-electron chi connectivity index (χ3n) is 6.97. The van der Waals surface area contributed by atoms with E-state index in [1.165, 1.54) is 24.8 Å². The van der Waals surface area contributed by atoms with Crippen LogP contribution in [0.15, 0.2) is 47.1 Å². The van der Waals surface area contributed by atoms with Crippen LogP contribution in [-0.4, -0.2) is 59.8 Å². The number of benzene rings is 1. The zero-order chi connectivity index (χ0) is 23.3. The second kappa shape index (κ2) is 10.6. The first-order valence-corrected chi connectivity index (χ1v) is 12.5. The fraction of sp³-hybridized carbons (Fsp3) is 0.481. The average molecular weight is 463 g/mol. The summed E-state index contributed by atoms with van der Waals surface area (Å²) in [6.45, 7) is 6.82. The second-order valence-electron chi connectivity index (χ2n) is 9.38. The van der Waals surface area contributed by atoms with E-state index in [9.17, 15) is 4.79 Å². The highest BCUT2D eigenvalue weighted by atomic mass is 16.5. The van der Waals surface area contributed by atoms with Crippen molar-refractivity contribution in [3.05, 3.63) is 54.0 Å². The molecule has 1 amide bonds. The quantitative estimate of drug-likeness (QED) is 0.552. The zero-order valence-electron chi connectivity index (χ0n) is 20.0. The molecule has 5 rings (SSSR count). The SMILES string of the molecule is Cc1ccc(-c2ncn(C3CCCCC3)c2-c2ccc(C(=O)NCCN3CCOCC3)o2)cc1. The lowest BCUT2D eigenvalue weighted by molar-refractivity contribution is 0.0382. The van der Waals surface area contributed by atoms with Gasteiger partial charge in [0.2, 0.25) is 0 Å². The summed E-state index contributed by atoms with van der Waals surface area (Å²) >= 11 is 0. The van der Waals surface area contributed by atoms with E-state index in [1.54, 1.807) is 6.07 Å². The molecule has 1 aliphatic carbocycles. The van der Waals surface area contributed by atoms with Crippen LogP contribution in [0.4, 0.5) is 0 Å². The van der Waals surface area contributed by atoms with Crippen LogP contribution in [0.1, 0.15) is 54.3 Å². The molecule has 180 valence electrons. The van der Waals surface area contributed by atoms with Crippen LogP contribution < -0.4 is 5.32 Å². The van der Waals surface area contributed by atoms with Crippen LogP contribution in [0.5, 0.6) is 0 Å². The zero-order valence-corrected chi connectivity index (χ0v) is 20.0. The molecule has 1 saturated carbocycles. The molecule has 1 aromatic carbocycles. The first-order valence-electron chi connectivity index (χ1n) is 12.5. The van der Waals surface area contributed by atoms with E-state index in [-0.39, 0.29) is 5.91 Å². The Bertz CT molecular complexity index is 1090. The number of hydrogen-bond donors (Lipinski definition) is 1. The minimum Gasteiger partial charge on any atom is -0.449 e. The second-order valence-corrected chi connectivity index (χ2v) is 9.38. The van der Waals surface area contributed by atoms with E-state index in [2.05, 4.69) is 46.0 Å². The molecular weight excluding hydrogens is 428 g/mol. The van der Waals surface area contributed by atoms with Gasteiger partial charge in [0, 0.05) is 37.8 Å². The molecular formula is C27H34N4O3. The van der Waals surface area contributed by atoms with Crippen molar-refractivity contribution in [2.45, 2.75) is 45.1 Å². The number of furan rings is 1. The molecule has 34 heavy (non-hydrogen) atoms. The summed E-state index contributed by atoms with van der Waals surface area (Å²) < 4.78 is 13.8. The predicted molar refractivity (Wildman–Crippen MR) is 132 cm³/mol. The van der Waals surface area contributed by atoms with Crippen LogP contribution in [0.2, 0.25) is 0 Å². The number of hydrogen-bond acceptors (Lipinski definition) is 5. The normalized spacial score (nSPS) is 17.7. The fourth-order valence-corrected chi connectivity index (χ4v) is 4.99. The molecule has 2 aliphatic rings. The van der Waals surface area contributed by atoms with E-state index >= 15 is 0 Å². The number of carbonyl (C=O) groups is 1. The van der Waals surface area contributed by atoms with Gasteiger partial charge in [-0.05, 0) is 31.9 Å². The molecule has 7 nitrogen and oxygen atoms in total. The summed E-state index contributed by atoms with van der Waals surface area (Å²) in [6.07, 6.45) is 8.00. The molecule has 0 atom stereocenters. The molecule has 1 saturated heterocycles. The minimum absolute atomic E-state index is 0.180. The third-order valence-corrected chi connectivity index (χ3v) is 6.97. The van der Waals surface area contributed by atoms with E-state index in [0.29, 0.717) is 24.1 Å². The summed E-state index contributed by atoms with van der Waals surface area (Å²) in [5.41, 5.74) is 4.14. The molecule has 0 bridgehead atoms. The maximum Gasteiger partial charge on any atom is 0.287 e. The number of aromatic nitrogens is 2. The van der Waals surface area contributed by atoms with Crippen LogP contribution in [0.25, 0.3) is 22.7 Å². The standard InChI is InChI=1S/C27H34N4O3/c1-20-7-9-21(10-8-20)25-26(31(19-29-25)22-5-3-2-4-6-22)23-11-12-24(34-23)27(32)28-13-14-30-15-17-33-18-16-30/h7-12,19,22H,2-6,13-18H2,1H3,(H,28,32). The predicted octanol–water partition coefficient (Wildman–Crippen LogP) is 4.69. The summed E-state index contributed by atoms with van der Waals surface area (Å²) in [5, 5.41) is 3.00. The Kier molecular flexibility index (Phi) is 7.11. The molecule has 0 radical (unpaired) electrons. The van der Waals surface area contributed by atoms with Crippen LogP contribution in [0, 0.1) is 6.92 Å². The van der Waals surface area contributed by atoms with Gasteiger partial charge in [0.25, 0.3) is 5.91 Å². The maximum atomic E-state index is 12.8. The van der Waals surface area contributed by atoms with Crippen molar-refractivity contribution >= 4 is 5.91 Å². The highest BCUT2D eigenvalue weighted by molar-refractivity contribution is 5.92. The monoisotopic (exact) mass is 462 g/mol. The number of imidazole rings is 1. The summed E-state index contributed by atoms with van der Waals surface area (Å²) in [7, 11) is 0. The Labute approximate surface area is 201 Å². The van der Waals surface area contributed by atoms with Crippen molar-refractivity contribution in [1.29, 1.82) is 0 Å². The van der Waals surface area contributed by atoms with Gasteiger partial charge < -0.3 is 19.0 Å². The Hall–Kier alpha value is -2.90. The number of nitrogens with one attached hydrogen (secondary N) is 1. The molecule has 3 heterocycles. The number of rotatable bonds is 7. The lowest BCUT2D eigenvalue weighted by atomic mass is 9.95. The number of nitrogens with zero attached hydrogens (tertiary/aromatic N) is 3.